The highest BCUT2D eigenvalue weighted by Crippen LogP contribution is 2.14. The summed E-state index contributed by atoms with van der Waals surface area (Å²) in [5, 5.41) is 0. The summed E-state index contributed by atoms with van der Waals surface area (Å²) in [6.07, 6.45) is 0.893. The van der Waals surface area contributed by atoms with Crippen molar-refractivity contribution in [2.75, 3.05) is 52.1 Å². The molecule has 0 saturated heterocycles. The highest BCUT2D eigenvalue weighted by molar-refractivity contribution is 7.80. The Balaban J connectivity index is 2.51. The van der Waals surface area contributed by atoms with Gasteiger partial charge in [0.25, 0.3) is 0 Å². The number of carbonyl (C=O) groups is 2. The average molecular weight is 410 g/mol. The molecule has 0 bridgehead atoms. The molecule has 7 heteroatoms. The topological polar surface area (TPSA) is 53.1 Å². The summed E-state index contributed by atoms with van der Waals surface area (Å²) in [6.45, 7) is 10.9. The summed E-state index contributed by atoms with van der Waals surface area (Å²) >= 11 is 4.09. The third-order valence-corrected chi connectivity index (χ3v) is 5.06. The lowest BCUT2D eigenvalue weighted by Crippen LogP contribution is -2.40. The minimum absolute atomic E-state index is 0.102. The van der Waals surface area contributed by atoms with Crippen LogP contribution in [0, 0.1) is 0 Å². The largest absolute Gasteiger partial charge is 0.415 e. The molecule has 0 aliphatic rings. The zero-order chi connectivity index (χ0) is 20.9. The van der Waals surface area contributed by atoms with E-state index >= 15 is 0 Å². The van der Waals surface area contributed by atoms with Crippen molar-refractivity contribution in [3.8, 4) is 5.75 Å². The first kappa shape index (κ1) is 24.3. The van der Waals surface area contributed by atoms with Crippen LogP contribution in [0.3, 0.4) is 0 Å². The van der Waals surface area contributed by atoms with Crippen molar-refractivity contribution >= 4 is 24.6 Å². The van der Waals surface area contributed by atoms with Gasteiger partial charge in [-0.05, 0) is 49.9 Å². The predicted molar refractivity (Wildman–Crippen MR) is 117 cm³/mol. The summed E-state index contributed by atoms with van der Waals surface area (Å²) in [4.78, 5) is 29.9. The van der Waals surface area contributed by atoms with Crippen LogP contribution in [0.5, 0.6) is 5.75 Å². The number of nitrogens with zero attached hydrogens (tertiary/aromatic N) is 3. The molecule has 28 heavy (non-hydrogen) atoms. The fraction of sp³-hybridized carbons (Fsp3) is 0.619. The molecule has 0 fully saturated rings. The quantitative estimate of drug-likeness (QED) is 0.539. The first-order chi connectivity index (χ1) is 13.4. The van der Waals surface area contributed by atoms with Crippen molar-refractivity contribution in [1.29, 1.82) is 0 Å². The Bertz CT molecular complexity index is 591. The maximum atomic E-state index is 12.4. The first-order valence-corrected chi connectivity index (χ1v) is 10.7. The maximum Gasteiger partial charge on any atom is 0.415 e. The fourth-order valence-corrected chi connectivity index (χ4v) is 2.97. The van der Waals surface area contributed by atoms with Crippen LogP contribution in [0.1, 0.15) is 32.8 Å². The van der Waals surface area contributed by atoms with Gasteiger partial charge in [-0.1, -0.05) is 26.0 Å². The van der Waals surface area contributed by atoms with Crippen molar-refractivity contribution in [1.82, 2.24) is 14.7 Å². The lowest BCUT2D eigenvalue weighted by Gasteiger charge is -2.24. The number of hydrogen-bond acceptors (Lipinski definition) is 5. The molecule has 158 valence electrons. The Kier molecular flexibility index (Phi) is 11.7. The average Bonchev–Trinajstić information content (AvgIpc) is 2.70. The van der Waals surface area contributed by atoms with Gasteiger partial charge in [-0.3, -0.25) is 4.79 Å². The van der Waals surface area contributed by atoms with E-state index in [-0.39, 0.29) is 12.0 Å². The highest BCUT2D eigenvalue weighted by atomic mass is 32.1. The Morgan fingerprint density at radius 1 is 0.964 bits per heavy atom. The van der Waals surface area contributed by atoms with Gasteiger partial charge < -0.3 is 19.4 Å². The maximum absolute atomic E-state index is 12.4. The van der Waals surface area contributed by atoms with Gasteiger partial charge in [0.2, 0.25) is 5.91 Å². The summed E-state index contributed by atoms with van der Waals surface area (Å²) in [5.74, 6) is 1.20. The van der Waals surface area contributed by atoms with E-state index in [1.54, 1.807) is 29.0 Å². The number of rotatable bonds is 12. The molecule has 1 rings (SSSR count). The minimum atomic E-state index is -0.320. The Hall–Kier alpha value is -1.73. The molecule has 0 heterocycles. The summed E-state index contributed by atoms with van der Waals surface area (Å²) in [6, 6.07) is 7.49. The highest BCUT2D eigenvalue weighted by Gasteiger charge is 2.15. The molecule has 1 aromatic carbocycles. The van der Waals surface area contributed by atoms with E-state index in [0.717, 1.165) is 31.6 Å². The van der Waals surface area contributed by atoms with E-state index in [9.17, 15) is 9.59 Å². The molecule has 2 amide bonds. The molecular weight excluding hydrogens is 374 g/mol. The van der Waals surface area contributed by atoms with Crippen LogP contribution in [0.25, 0.3) is 0 Å². The van der Waals surface area contributed by atoms with Gasteiger partial charge in [0, 0.05) is 39.6 Å². The van der Waals surface area contributed by atoms with Crippen LogP contribution in [-0.2, 0) is 11.2 Å². The number of likely N-dealkylation sites (N-methyl/N-ethyl adjacent to an activating group) is 3. The van der Waals surface area contributed by atoms with Crippen LogP contribution in [-0.4, -0.2) is 78.8 Å². The summed E-state index contributed by atoms with van der Waals surface area (Å²) < 4.78 is 5.51. The molecule has 0 aliphatic carbocycles. The van der Waals surface area contributed by atoms with Crippen molar-refractivity contribution in [3.05, 3.63) is 29.8 Å². The molecule has 1 aromatic rings. The zero-order valence-corrected chi connectivity index (χ0v) is 18.6. The second-order valence-electron chi connectivity index (χ2n) is 6.66. The second kappa shape index (κ2) is 13.4. The van der Waals surface area contributed by atoms with Crippen molar-refractivity contribution in [2.24, 2.45) is 0 Å². The van der Waals surface area contributed by atoms with Gasteiger partial charge in [0.05, 0.1) is 0 Å². The number of ether oxygens (including phenoxy) is 1. The summed E-state index contributed by atoms with van der Waals surface area (Å²) in [5.41, 5.74) is 1.10. The lowest BCUT2D eigenvalue weighted by molar-refractivity contribution is -0.129. The second-order valence-corrected chi connectivity index (χ2v) is 7.10. The van der Waals surface area contributed by atoms with Crippen molar-refractivity contribution in [3.63, 3.8) is 0 Å². The standard InChI is InChI=1S/C21H35N3O3S/c1-5-23(6-2)15-16-24(7-3)21(26)27-19-10-8-18(9-11-19)12-14-22(4)20(25)13-17-28/h8-11,28H,5-7,12-17H2,1-4H3. The number of hydrogen-bond donors (Lipinski definition) is 1. The third kappa shape index (κ3) is 8.52. The third-order valence-electron chi connectivity index (χ3n) is 4.84. The monoisotopic (exact) mass is 409 g/mol. The van der Waals surface area contributed by atoms with E-state index in [2.05, 4.69) is 31.4 Å². The smallest absolute Gasteiger partial charge is 0.410 e. The molecule has 6 nitrogen and oxygen atoms in total. The van der Waals surface area contributed by atoms with Gasteiger partial charge in [-0.2, -0.15) is 12.6 Å². The molecule has 0 atom stereocenters. The molecule has 0 saturated carbocycles. The van der Waals surface area contributed by atoms with Crippen LogP contribution in [0.15, 0.2) is 24.3 Å². The zero-order valence-electron chi connectivity index (χ0n) is 17.7. The lowest BCUT2D eigenvalue weighted by atomic mass is 10.1. The van der Waals surface area contributed by atoms with Crippen LogP contribution in [0.2, 0.25) is 0 Å². The normalized spacial score (nSPS) is 10.8. The van der Waals surface area contributed by atoms with E-state index in [1.165, 1.54) is 0 Å². The SMILES string of the molecule is CCN(CC)CCN(CC)C(=O)Oc1ccc(CCN(C)C(=O)CCS)cc1. The molecule has 0 spiro atoms. The molecular formula is C21H35N3O3S. The van der Waals surface area contributed by atoms with Gasteiger partial charge in [-0.15, -0.1) is 0 Å². The van der Waals surface area contributed by atoms with E-state index in [0.29, 0.717) is 37.6 Å². The Morgan fingerprint density at radius 3 is 2.14 bits per heavy atom. The van der Waals surface area contributed by atoms with Crippen LogP contribution < -0.4 is 4.74 Å². The van der Waals surface area contributed by atoms with Gasteiger partial charge in [0.1, 0.15) is 5.75 Å². The van der Waals surface area contributed by atoms with Gasteiger partial charge in [-0.25, -0.2) is 4.79 Å². The number of amides is 2. The van der Waals surface area contributed by atoms with E-state index in [1.807, 2.05) is 19.1 Å². The Morgan fingerprint density at radius 2 is 1.61 bits per heavy atom. The molecule has 0 aromatic heterocycles. The molecule has 0 N–H and O–H groups in total. The molecule has 0 aliphatic heterocycles. The molecule has 0 unspecified atom stereocenters. The van der Waals surface area contributed by atoms with E-state index < -0.39 is 0 Å². The fourth-order valence-electron chi connectivity index (χ4n) is 2.78. The van der Waals surface area contributed by atoms with Gasteiger partial charge in [0.15, 0.2) is 0 Å². The summed E-state index contributed by atoms with van der Waals surface area (Å²) in [7, 11) is 1.81. The van der Waals surface area contributed by atoms with Crippen LogP contribution in [0.4, 0.5) is 4.79 Å². The van der Waals surface area contributed by atoms with Crippen molar-refractivity contribution < 1.29 is 14.3 Å². The predicted octanol–water partition coefficient (Wildman–Crippen LogP) is 3.17. The number of benzene rings is 1. The molecule has 0 radical (unpaired) electrons. The Labute approximate surface area is 175 Å². The van der Waals surface area contributed by atoms with E-state index in [4.69, 9.17) is 4.74 Å². The van der Waals surface area contributed by atoms with Gasteiger partial charge >= 0.3 is 6.09 Å². The number of thiol groups is 1. The minimum Gasteiger partial charge on any atom is -0.410 e. The number of carbonyl (C=O) groups excluding carboxylic acids is 2. The first-order valence-electron chi connectivity index (χ1n) is 10.1. The van der Waals surface area contributed by atoms with Crippen LogP contribution >= 0.6 is 12.6 Å². The van der Waals surface area contributed by atoms with Crippen molar-refractivity contribution in [2.45, 2.75) is 33.6 Å².